The molecular weight excluding hydrogens is 169 g/mol. The van der Waals surface area contributed by atoms with E-state index in [1.54, 1.807) is 13.0 Å². The maximum Gasteiger partial charge on any atom is 0.128 e. The summed E-state index contributed by atoms with van der Waals surface area (Å²) in [5.41, 5.74) is 1.43. The summed E-state index contributed by atoms with van der Waals surface area (Å²) in [6.07, 6.45) is -0.509. The Kier molecular flexibility index (Phi) is 1.96. The molecule has 0 spiro atoms. The van der Waals surface area contributed by atoms with E-state index in [2.05, 4.69) is 5.32 Å². The second-order valence-corrected chi connectivity index (χ2v) is 3.43. The lowest BCUT2D eigenvalue weighted by atomic mass is 9.96. The first-order chi connectivity index (χ1) is 6.20. The molecule has 13 heavy (non-hydrogen) atoms. The average Bonchev–Trinajstić information content (AvgIpc) is 2.49. The van der Waals surface area contributed by atoms with Crippen molar-refractivity contribution in [3.63, 3.8) is 0 Å². The standard InChI is InChI=1S/C10H12FNO/c1-6(13)7-5-12-9-4-2-3-8(11)10(7)9/h2-4,6-7,12-13H,5H2,1H3. The minimum absolute atomic E-state index is 0.115. The van der Waals surface area contributed by atoms with Crippen molar-refractivity contribution in [3.8, 4) is 0 Å². The molecule has 70 valence electrons. The number of aliphatic hydroxyl groups is 1. The minimum Gasteiger partial charge on any atom is -0.393 e. The van der Waals surface area contributed by atoms with Crippen LogP contribution in [-0.2, 0) is 0 Å². The normalized spacial score (nSPS) is 22.2. The van der Waals surface area contributed by atoms with Crippen molar-refractivity contribution in [1.82, 2.24) is 0 Å². The van der Waals surface area contributed by atoms with Crippen molar-refractivity contribution in [2.45, 2.75) is 18.9 Å². The smallest absolute Gasteiger partial charge is 0.128 e. The van der Waals surface area contributed by atoms with E-state index < -0.39 is 6.10 Å². The molecule has 2 unspecified atom stereocenters. The van der Waals surface area contributed by atoms with Gasteiger partial charge in [-0.1, -0.05) is 6.07 Å². The molecule has 1 aromatic rings. The Labute approximate surface area is 76.4 Å². The van der Waals surface area contributed by atoms with Crippen molar-refractivity contribution in [3.05, 3.63) is 29.6 Å². The zero-order valence-electron chi connectivity index (χ0n) is 7.42. The van der Waals surface area contributed by atoms with Crippen LogP contribution < -0.4 is 5.32 Å². The lowest BCUT2D eigenvalue weighted by Crippen LogP contribution is -2.17. The van der Waals surface area contributed by atoms with Crippen LogP contribution in [0.5, 0.6) is 0 Å². The van der Waals surface area contributed by atoms with Gasteiger partial charge in [0.05, 0.1) is 6.10 Å². The summed E-state index contributed by atoms with van der Waals surface area (Å²) in [5, 5.41) is 12.5. The van der Waals surface area contributed by atoms with Crippen molar-refractivity contribution in [2.24, 2.45) is 0 Å². The van der Waals surface area contributed by atoms with E-state index in [1.165, 1.54) is 6.07 Å². The Hall–Kier alpha value is -1.09. The Morgan fingerprint density at radius 1 is 1.62 bits per heavy atom. The number of fused-ring (bicyclic) bond motifs is 1. The van der Waals surface area contributed by atoms with Crippen LogP contribution in [0, 0.1) is 5.82 Å². The predicted molar refractivity (Wildman–Crippen MR) is 49.3 cm³/mol. The van der Waals surface area contributed by atoms with Gasteiger partial charge in [-0.3, -0.25) is 0 Å². The summed E-state index contributed by atoms with van der Waals surface area (Å²) >= 11 is 0. The molecule has 2 atom stereocenters. The predicted octanol–water partition coefficient (Wildman–Crippen LogP) is 1.72. The van der Waals surface area contributed by atoms with Gasteiger partial charge in [-0.05, 0) is 19.1 Å². The molecule has 0 saturated heterocycles. The zero-order valence-corrected chi connectivity index (χ0v) is 7.42. The van der Waals surface area contributed by atoms with Crippen LogP contribution in [0.3, 0.4) is 0 Å². The Morgan fingerprint density at radius 3 is 3.08 bits per heavy atom. The van der Waals surface area contributed by atoms with Crippen LogP contribution in [0.2, 0.25) is 0 Å². The van der Waals surface area contributed by atoms with Gasteiger partial charge in [0.2, 0.25) is 0 Å². The number of halogens is 1. The molecule has 0 saturated carbocycles. The molecular formula is C10H12FNO. The number of benzene rings is 1. The Bertz CT molecular complexity index is 325. The number of anilines is 1. The molecule has 1 aliphatic heterocycles. The first-order valence-electron chi connectivity index (χ1n) is 4.40. The highest BCUT2D eigenvalue weighted by Gasteiger charge is 2.28. The van der Waals surface area contributed by atoms with Gasteiger partial charge in [0.1, 0.15) is 5.82 Å². The molecule has 0 aromatic heterocycles. The molecule has 0 aliphatic carbocycles. The third kappa shape index (κ3) is 1.29. The fourth-order valence-electron chi connectivity index (χ4n) is 1.80. The van der Waals surface area contributed by atoms with Crippen molar-refractivity contribution in [2.75, 3.05) is 11.9 Å². The molecule has 0 amide bonds. The molecule has 0 radical (unpaired) electrons. The highest BCUT2D eigenvalue weighted by molar-refractivity contribution is 5.58. The maximum absolute atomic E-state index is 13.4. The Morgan fingerprint density at radius 2 is 2.38 bits per heavy atom. The van der Waals surface area contributed by atoms with Gasteiger partial charge in [-0.2, -0.15) is 0 Å². The van der Waals surface area contributed by atoms with Gasteiger partial charge in [-0.15, -0.1) is 0 Å². The summed E-state index contributed by atoms with van der Waals surface area (Å²) < 4.78 is 13.4. The lowest BCUT2D eigenvalue weighted by Gasteiger charge is -2.13. The highest BCUT2D eigenvalue weighted by Crippen LogP contribution is 2.35. The quantitative estimate of drug-likeness (QED) is 0.691. The third-order valence-electron chi connectivity index (χ3n) is 2.52. The van der Waals surface area contributed by atoms with Crippen LogP contribution >= 0.6 is 0 Å². The molecule has 0 bridgehead atoms. The SMILES string of the molecule is CC(O)C1CNc2cccc(F)c21. The van der Waals surface area contributed by atoms with Gasteiger partial charge in [-0.25, -0.2) is 4.39 Å². The van der Waals surface area contributed by atoms with Gasteiger partial charge < -0.3 is 10.4 Å². The van der Waals surface area contributed by atoms with Gasteiger partial charge in [0.15, 0.2) is 0 Å². The summed E-state index contributed by atoms with van der Waals surface area (Å²) in [4.78, 5) is 0. The number of hydrogen-bond donors (Lipinski definition) is 2. The van der Waals surface area contributed by atoms with E-state index >= 15 is 0 Å². The van der Waals surface area contributed by atoms with Gasteiger partial charge in [0.25, 0.3) is 0 Å². The van der Waals surface area contributed by atoms with Crippen LogP contribution in [-0.4, -0.2) is 17.8 Å². The number of hydrogen-bond acceptors (Lipinski definition) is 2. The first-order valence-corrected chi connectivity index (χ1v) is 4.40. The fourth-order valence-corrected chi connectivity index (χ4v) is 1.80. The summed E-state index contributed by atoms with van der Waals surface area (Å²) in [6.45, 7) is 2.31. The molecule has 0 fully saturated rings. The van der Waals surface area contributed by atoms with Crippen LogP contribution in [0.15, 0.2) is 18.2 Å². The first kappa shape index (κ1) is 8.51. The van der Waals surface area contributed by atoms with E-state index in [9.17, 15) is 9.50 Å². The van der Waals surface area contributed by atoms with Crippen LogP contribution in [0.1, 0.15) is 18.4 Å². The third-order valence-corrected chi connectivity index (χ3v) is 2.52. The topological polar surface area (TPSA) is 32.3 Å². The van der Waals surface area contributed by atoms with E-state index in [4.69, 9.17) is 0 Å². The van der Waals surface area contributed by atoms with E-state index in [-0.39, 0.29) is 11.7 Å². The van der Waals surface area contributed by atoms with Gasteiger partial charge in [0, 0.05) is 23.7 Å². The number of aliphatic hydroxyl groups excluding tert-OH is 1. The second-order valence-electron chi connectivity index (χ2n) is 3.43. The maximum atomic E-state index is 13.4. The number of rotatable bonds is 1. The van der Waals surface area contributed by atoms with Crippen LogP contribution in [0.25, 0.3) is 0 Å². The summed E-state index contributed by atoms with van der Waals surface area (Å²) in [5.74, 6) is -0.343. The molecule has 2 nitrogen and oxygen atoms in total. The monoisotopic (exact) mass is 181 g/mol. The van der Waals surface area contributed by atoms with E-state index in [0.717, 1.165) is 5.69 Å². The fraction of sp³-hybridized carbons (Fsp3) is 0.400. The minimum atomic E-state index is -0.509. The molecule has 2 rings (SSSR count). The number of nitrogens with one attached hydrogen (secondary N) is 1. The lowest BCUT2D eigenvalue weighted by molar-refractivity contribution is 0.167. The molecule has 1 aromatic carbocycles. The van der Waals surface area contributed by atoms with E-state index in [1.807, 2.05) is 6.07 Å². The van der Waals surface area contributed by atoms with Gasteiger partial charge >= 0.3 is 0 Å². The molecule has 2 N–H and O–H groups in total. The molecule has 1 heterocycles. The van der Waals surface area contributed by atoms with E-state index in [0.29, 0.717) is 12.1 Å². The van der Waals surface area contributed by atoms with Crippen molar-refractivity contribution < 1.29 is 9.50 Å². The van der Waals surface area contributed by atoms with Crippen molar-refractivity contribution >= 4 is 5.69 Å². The van der Waals surface area contributed by atoms with Crippen molar-refractivity contribution in [1.29, 1.82) is 0 Å². The second kappa shape index (κ2) is 3.00. The molecule has 3 heteroatoms. The summed E-state index contributed by atoms with van der Waals surface area (Å²) in [6, 6.07) is 4.94. The Balaban J connectivity index is 2.46. The largest absolute Gasteiger partial charge is 0.393 e. The zero-order chi connectivity index (χ0) is 9.42. The van der Waals surface area contributed by atoms with Crippen LogP contribution in [0.4, 0.5) is 10.1 Å². The average molecular weight is 181 g/mol. The molecule has 1 aliphatic rings. The summed E-state index contributed by atoms with van der Waals surface area (Å²) in [7, 11) is 0. The highest BCUT2D eigenvalue weighted by atomic mass is 19.1.